The van der Waals surface area contributed by atoms with E-state index >= 15 is 0 Å². The number of hydrogen-bond donors (Lipinski definition) is 5. The minimum Gasteiger partial charge on any atom is -0.486 e. The molecule has 1 saturated carbocycles. The van der Waals surface area contributed by atoms with Crippen LogP contribution in [-0.2, 0) is 25.3 Å². The van der Waals surface area contributed by atoms with Crippen molar-refractivity contribution in [1.29, 1.82) is 5.41 Å². The van der Waals surface area contributed by atoms with Crippen LogP contribution in [0, 0.1) is 14.4 Å². The van der Waals surface area contributed by atoms with Gasteiger partial charge in [-0.1, -0.05) is 25.1 Å². The fraction of sp³-hybridized carbons (Fsp3) is 0.448. The lowest BCUT2D eigenvalue weighted by Crippen LogP contribution is -3.16. The number of carbonyl (C=O) groups is 1. The molecule has 1 unspecified atom stereocenters. The van der Waals surface area contributed by atoms with Gasteiger partial charge in [0.1, 0.15) is 24.5 Å². The van der Waals surface area contributed by atoms with Crippen LogP contribution in [0.3, 0.4) is 0 Å². The van der Waals surface area contributed by atoms with Gasteiger partial charge in [0.25, 0.3) is 15.9 Å². The van der Waals surface area contributed by atoms with E-state index < -0.39 is 22.0 Å². The summed E-state index contributed by atoms with van der Waals surface area (Å²) >= 11 is 2.17. The first-order valence-corrected chi connectivity index (χ1v) is 16.6. The van der Waals surface area contributed by atoms with Gasteiger partial charge in [0.2, 0.25) is 5.76 Å². The number of allylic oxidation sites excluding steroid dienone is 1. The fourth-order valence-electron chi connectivity index (χ4n) is 4.71. The Morgan fingerprint density at radius 2 is 1.93 bits per heavy atom. The molecule has 0 aromatic heterocycles. The van der Waals surface area contributed by atoms with Crippen LogP contribution in [0.1, 0.15) is 32.3 Å². The number of hydrogen-bond acceptors (Lipinski definition) is 9. The summed E-state index contributed by atoms with van der Waals surface area (Å²) in [5, 5.41) is 31.7. The third-order valence-corrected chi connectivity index (χ3v) is 10.1. The number of halogens is 1. The van der Waals surface area contributed by atoms with Gasteiger partial charge in [-0.25, -0.2) is 4.31 Å². The molecule has 13 heteroatoms. The normalized spacial score (nSPS) is 18.1. The molecule has 0 bridgehead atoms. The highest BCUT2D eigenvalue weighted by Gasteiger charge is 2.39. The van der Waals surface area contributed by atoms with Gasteiger partial charge in [0.15, 0.2) is 0 Å². The molecule has 42 heavy (non-hydrogen) atoms. The van der Waals surface area contributed by atoms with Gasteiger partial charge >= 0.3 is 0 Å². The molecule has 2 fully saturated rings. The summed E-state index contributed by atoms with van der Waals surface area (Å²) in [5.74, 6) is -0.599. The Kier molecular flexibility index (Phi) is 10.5. The summed E-state index contributed by atoms with van der Waals surface area (Å²) in [6.45, 7) is 5.17. The summed E-state index contributed by atoms with van der Waals surface area (Å²) in [6, 6.07) is 14.0. The smallest absolute Gasteiger partial charge is 0.299 e. The summed E-state index contributed by atoms with van der Waals surface area (Å²) < 4.78 is 34.1. The number of benzene rings is 2. The first-order valence-electron chi connectivity index (χ1n) is 13.9. The van der Waals surface area contributed by atoms with E-state index in [1.54, 1.807) is 37.3 Å². The second kappa shape index (κ2) is 13.7. The molecule has 1 atom stereocenters. The third-order valence-electron chi connectivity index (χ3n) is 7.43. The van der Waals surface area contributed by atoms with Crippen molar-refractivity contribution in [3.8, 4) is 0 Å². The Morgan fingerprint density at radius 3 is 2.55 bits per heavy atom. The highest BCUT2D eigenvalue weighted by molar-refractivity contribution is 14.1. The number of ether oxygens (including phenoxy) is 1. The predicted molar refractivity (Wildman–Crippen MR) is 169 cm³/mol. The molecule has 1 heterocycles. The molecule has 4 rings (SSSR count). The number of rotatable bonds is 13. The molecule has 11 nitrogen and oxygen atoms in total. The van der Waals surface area contributed by atoms with Crippen molar-refractivity contribution >= 4 is 56.1 Å². The molecule has 2 aromatic rings. The van der Waals surface area contributed by atoms with Gasteiger partial charge in [-0.15, -0.1) is 0 Å². The zero-order valence-corrected chi connectivity index (χ0v) is 26.8. The van der Waals surface area contributed by atoms with Gasteiger partial charge in [-0.2, -0.15) is 8.42 Å². The molecule has 0 spiro atoms. The van der Waals surface area contributed by atoms with Crippen molar-refractivity contribution in [1.82, 2.24) is 4.90 Å². The van der Waals surface area contributed by atoms with E-state index in [1.807, 2.05) is 23.1 Å². The first kappa shape index (κ1) is 32.2. The van der Waals surface area contributed by atoms with Crippen LogP contribution in [0.5, 0.6) is 0 Å². The molecule has 0 radical (unpaired) electrons. The number of piperazine rings is 1. The van der Waals surface area contributed by atoms with Crippen LogP contribution in [0.4, 0.5) is 11.4 Å². The highest BCUT2D eigenvalue weighted by Crippen LogP contribution is 2.45. The average molecular weight is 713 g/mol. The largest absolute Gasteiger partial charge is 0.486 e. The molecule has 1 saturated heterocycles. The second-order valence-corrected chi connectivity index (χ2v) is 14.6. The summed E-state index contributed by atoms with van der Waals surface area (Å²) in [4.78, 5) is 15.2. The lowest BCUT2D eigenvalue weighted by molar-refractivity contribution is -0.773. The minimum atomic E-state index is -3.60. The molecule has 2 aromatic carbocycles. The lowest BCUT2D eigenvalue weighted by atomic mass is 10.2. The number of carbonyl (C=O) groups excluding carboxylic acids is 1. The Bertz CT molecular complexity index is 1420. The topological polar surface area (TPSA) is 148 Å². The number of nitrogens with zero attached hydrogens (tertiary/aromatic N) is 2. The SMILES string of the molecule is CC(O)CN(O)c1cccc(CS(=O)(=O)[NH+]2CCN(/C(C=N)=C(\OCC3(C)CC3)C(=O)Nc3cccc(I)c3)CC2)c1. The van der Waals surface area contributed by atoms with Gasteiger partial charge in [-0.05, 0) is 78.3 Å². The summed E-state index contributed by atoms with van der Waals surface area (Å²) in [6.07, 6.45) is 2.38. The Balaban J connectivity index is 1.46. The van der Waals surface area contributed by atoms with Crippen molar-refractivity contribution in [3.63, 3.8) is 0 Å². The van der Waals surface area contributed by atoms with Gasteiger partial charge in [0.05, 0.1) is 38.0 Å². The Morgan fingerprint density at radius 1 is 1.24 bits per heavy atom. The number of amides is 1. The molecule has 5 N–H and O–H groups in total. The third kappa shape index (κ3) is 8.66. The maximum absolute atomic E-state index is 13.4. The molecule has 2 aliphatic rings. The molecule has 1 aliphatic carbocycles. The number of aliphatic hydroxyl groups is 1. The van der Waals surface area contributed by atoms with E-state index in [1.165, 1.54) is 0 Å². The van der Waals surface area contributed by atoms with Crippen LogP contribution in [0.2, 0.25) is 0 Å². The van der Waals surface area contributed by atoms with Crippen molar-refractivity contribution in [2.45, 2.75) is 38.5 Å². The number of hydroxylamine groups is 1. The molecular weight excluding hydrogens is 673 g/mol. The van der Waals surface area contributed by atoms with Crippen LogP contribution in [0.15, 0.2) is 60.0 Å². The zero-order valence-electron chi connectivity index (χ0n) is 23.8. The van der Waals surface area contributed by atoms with E-state index in [-0.39, 0.29) is 36.6 Å². The number of quaternary nitrogens is 1. The van der Waals surface area contributed by atoms with Crippen molar-refractivity contribution < 1.29 is 32.6 Å². The minimum absolute atomic E-state index is 0.0000971. The maximum atomic E-state index is 13.4. The van der Waals surface area contributed by atoms with E-state index in [0.29, 0.717) is 46.6 Å². The van der Waals surface area contributed by atoms with E-state index in [4.69, 9.17) is 10.1 Å². The van der Waals surface area contributed by atoms with E-state index in [0.717, 1.165) is 27.7 Å². The van der Waals surface area contributed by atoms with Crippen molar-refractivity contribution in [3.05, 3.63) is 69.1 Å². The first-order chi connectivity index (χ1) is 19.9. The number of sulfonamides is 1. The number of nitrogens with one attached hydrogen (secondary N) is 3. The van der Waals surface area contributed by atoms with Gasteiger partial charge < -0.3 is 25.5 Å². The maximum Gasteiger partial charge on any atom is 0.299 e. The molecule has 1 amide bonds. The molecule has 1 aliphatic heterocycles. The van der Waals surface area contributed by atoms with E-state index in [2.05, 4.69) is 34.8 Å². The second-order valence-electron chi connectivity index (χ2n) is 11.3. The Labute approximate surface area is 260 Å². The lowest BCUT2D eigenvalue weighted by Gasteiger charge is -2.34. The average Bonchev–Trinajstić information content (AvgIpc) is 3.67. The van der Waals surface area contributed by atoms with Crippen molar-refractivity contribution in [2.75, 3.05) is 49.7 Å². The monoisotopic (exact) mass is 712 g/mol. The van der Waals surface area contributed by atoms with Crippen LogP contribution >= 0.6 is 22.6 Å². The number of anilines is 2. The predicted octanol–water partition coefficient (Wildman–Crippen LogP) is 2.21. The summed E-state index contributed by atoms with van der Waals surface area (Å²) in [5.41, 5.74) is 1.89. The van der Waals surface area contributed by atoms with Crippen molar-refractivity contribution in [2.24, 2.45) is 5.41 Å². The highest BCUT2D eigenvalue weighted by atomic mass is 127. The Hall–Kier alpha value is -2.72. The number of aliphatic hydroxyl groups excluding tert-OH is 1. The zero-order chi connectivity index (χ0) is 30.5. The standard InChI is InChI=1S/C29H38IN5O6S/c1-21(36)18-35(38)25-8-3-5-22(15-25)19-42(39,40)34-13-11-33(12-14-34)26(17-31)27(41-20-29(2)9-10-29)28(37)32-24-7-4-6-23(30)16-24/h3-8,15-17,21,31,36,38H,9-14,18-20H2,1-2H3,(H,32,37)/p+1/b27-26-,31-17?. The molecular formula is C29H39IN5O6S+. The quantitative estimate of drug-likeness (QED) is 0.0699. The van der Waals surface area contributed by atoms with Gasteiger partial charge in [0, 0.05) is 20.9 Å². The molecule has 228 valence electrons. The summed E-state index contributed by atoms with van der Waals surface area (Å²) in [7, 11) is -3.60. The van der Waals surface area contributed by atoms with Crippen LogP contribution < -0.4 is 14.7 Å². The van der Waals surface area contributed by atoms with Crippen LogP contribution in [0.25, 0.3) is 0 Å². The van der Waals surface area contributed by atoms with Crippen LogP contribution in [-0.4, -0.2) is 81.2 Å². The van der Waals surface area contributed by atoms with Gasteiger partial charge in [-0.3, -0.25) is 15.1 Å². The van der Waals surface area contributed by atoms with E-state index in [9.17, 15) is 23.5 Å². The fourth-order valence-corrected chi connectivity index (χ4v) is 6.88.